The summed E-state index contributed by atoms with van der Waals surface area (Å²) in [4.78, 5) is 11.6. The number of nitrogens with zero attached hydrogens (tertiary/aromatic N) is 3. The highest BCUT2D eigenvalue weighted by atomic mass is 35.5. The lowest BCUT2D eigenvalue weighted by atomic mass is 10.1. The van der Waals surface area contributed by atoms with Gasteiger partial charge in [-0.15, -0.1) is 11.3 Å². The highest BCUT2D eigenvalue weighted by Gasteiger charge is 2.50. The predicted molar refractivity (Wildman–Crippen MR) is 175 cm³/mol. The van der Waals surface area contributed by atoms with Crippen LogP contribution >= 0.6 is 22.9 Å². The van der Waals surface area contributed by atoms with E-state index in [2.05, 4.69) is 50.0 Å². The Balaban J connectivity index is 1.67. The average molecular weight is 640 g/mol. The Bertz CT molecular complexity index is 1500. The summed E-state index contributed by atoms with van der Waals surface area (Å²) in [5.41, 5.74) is 0.833. The van der Waals surface area contributed by atoms with Gasteiger partial charge in [0.15, 0.2) is 5.82 Å². The number of aliphatic hydroxyl groups excluding tert-OH is 1. The molecule has 3 atom stereocenters. The van der Waals surface area contributed by atoms with E-state index in [0.717, 1.165) is 15.4 Å². The molecule has 43 heavy (non-hydrogen) atoms. The van der Waals surface area contributed by atoms with Gasteiger partial charge in [-0.1, -0.05) is 93.0 Å². The largest absolute Gasteiger partial charge is 0.401 e. The van der Waals surface area contributed by atoms with Gasteiger partial charge in [0.1, 0.15) is 16.8 Å². The van der Waals surface area contributed by atoms with Crippen LogP contribution in [-0.2, 0) is 15.8 Å². The highest BCUT2D eigenvalue weighted by molar-refractivity contribution is 7.11. The van der Waals surface area contributed by atoms with Crippen molar-refractivity contribution in [2.45, 2.75) is 71.5 Å². The summed E-state index contributed by atoms with van der Waals surface area (Å²) < 4.78 is 29.3. The second-order valence-electron chi connectivity index (χ2n) is 12.2. The molecule has 1 fully saturated rings. The van der Waals surface area contributed by atoms with Crippen molar-refractivity contribution in [3.8, 4) is 0 Å². The summed E-state index contributed by atoms with van der Waals surface area (Å²) in [6.45, 7) is 13.6. The zero-order valence-electron chi connectivity index (χ0n) is 25.5. The number of hydrogen-bond acceptors (Lipinski definition) is 7. The standard InChI is InChI=1S/C33H39ClFN3O3SSi/c1-21-18-38(19-22(2)41-21)31-26(37-30(29(35)28(31)34)32(39)27-17-36-23(3)42-27)20-40-43(33(4,5)6,24-13-9-7-10-14-24)25-15-11-8-12-16-25/h7-17,21-22,32,39H,18-20H2,1-6H3. The van der Waals surface area contributed by atoms with E-state index in [0.29, 0.717) is 29.3 Å². The van der Waals surface area contributed by atoms with E-state index in [4.69, 9.17) is 25.7 Å². The molecule has 10 heteroatoms. The zero-order valence-corrected chi connectivity index (χ0v) is 28.0. The predicted octanol–water partition coefficient (Wildman–Crippen LogP) is 6.41. The van der Waals surface area contributed by atoms with E-state index in [1.54, 1.807) is 6.20 Å². The van der Waals surface area contributed by atoms with Crippen LogP contribution in [0, 0.1) is 12.7 Å². The fraction of sp³-hybridized carbons (Fsp3) is 0.394. The van der Waals surface area contributed by atoms with Crippen molar-refractivity contribution >= 4 is 47.3 Å². The molecule has 1 aliphatic rings. The molecule has 0 amide bonds. The Morgan fingerprint density at radius 3 is 2.12 bits per heavy atom. The van der Waals surface area contributed by atoms with Crippen LogP contribution in [0.2, 0.25) is 10.1 Å². The Labute approximate surface area is 263 Å². The number of rotatable bonds is 8. The van der Waals surface area contributed by atoms with Crippen molar-refractivity contribution < 1.29 is 18.7 Å². The van der Waals surface area contributed by atoms with Gasteiger partial charge in [-0.3, -0.25) is 0 Å². The molecule has 0 spiro atoms. The number of aliphatic hydroxyl groups is 1. The van der Waals surface area contributed by atoms with Crippen molar-refractivity contribution in [1.29, 1.82) is 0 Å². The summed E-state index contributed by atoms with van der Waals surface area (Å²) in [6, 6.07) is 20.7. The molecule has 2 aromatic carbocycles. The smallest absolute Gasteiger partial charge is 0.261 e. The summed E-state index contributed by atoms with van der Waals surface area (Å²) in [7, 11) is -2.96. The second-order valence-corrected chi connectivity index (χ2v) is 18.2. The van der Waals surface area contributed by atoms with Gasteiger partial charge < -0.3 is 19.2 Å². The van der Waals surface area contributed by atoms with E-state index in [1.165, 1.54) is 11.3 Å². The van der Waals surface area contributed by atoms with Gasteiger partial charge in [0, 0.05) is 19.3 Å². The van der Waals surface area contributed by atoms with Crippen LogP contribution in [0.5, 0.6) is 0 Å². The molecule has 228 valence electrons. The Morgan fingerprint density at radius 2 is 1.63 bits per heavy atom. The number of pyridine rings is 1. The topological polar surface area (TPSA) is 67.7 Å². The number of aromatic nitrogens is 2. The quantitative estimate of drug-likeness (QED) is 0.225. The summed E-state index contributed by atoms with van der Waals surface area (Å²) in [5.74, 6) is -0.740. The van der Waals surface area contributed by atoms with Crippen LogP contribution in [0.3, 0.4) is 0 Å². The van der Waals surface area contributed by atoms with Gasteiger partial charge in [-0.05, 0) is 36.2 Å². The maximum atomic E-state index is 16.1. The molecule has 3 unspecified atom stereocenters. The van der Waals surface area contributed by atoms with Gasteiger partial charge in [-0.2, -0.15) is 0 Å². The first kappa shape index (κ1) is 31.8. The van der Waals surface area contributed by atoms with Crippen LogP contribution in [0.15, 0.2) is 66.9 Å². The van der Waals surface area contributed by atoms with E-state index >= 15 is 4.39 Å². The molecule has 0 aliphatic carbocycles. The molecule has 0 bridgehead atoms. The van der Waals surface area contributed by atoms with Gasteiger partial charge in [-0.25, -0.2) is 14.4 Å². The molecule has 0 radical (unpaired) electrons. The summed E-state index contributed by atoms with van der Waals surface area (Å²) >= 11 is 8.18. The Hall–Kier alpha value is -2.66. The number of ether oxygens (including phenoxy) is 1. The molecule has 1 N–H and O–H groups in total. The van der Waals surface area contributed by atoms with E-state index in [9.17, 15) is 5.11 Å². The minimum Gasteiger partial charge on any atom is -0.401 e. The third-order valence-electron chi connectivity index (χ3n) is 7.90. The molecular weight excluding hydrogens is 601 g/mol. The zero-order chi connectivity index (χ0) is 30.9. The lowest BCUT2D eigenvalue weighted by Gasteiger charge is -2.43. The number of halogens is 2. The number of aryl methyl sites for hydroxylation is 1. The fourth-order valence-electron chi connectivity index (χ4n) is 6.13. The first-order valence-electron chi connectivity index (χ1n) is 14.6. The molecule has 1 aliphatic heterocycles. The minimum absolute atomic E-state index is 0.0736. The molecule has 6 nitrogen and oxygen atoms in total. The molecule has 2 aromatic heterocycles. The van der Waals surface area contributed by atoms with Crippen LogP contribution in [0.4, 0.5) is 10.1 Å². The normalized spacial score (nSPS) is 18.6. The van der Waals surface area contributed by atoms with Crippen molar-refractivity contribution in [2.75, 3.05) is 18.0 Å². The third-order valence-corrected chi connectivity index (χ3v) is 14.2. The van der Waals surface area contributed by atoms with E-state index in [1.807, 2.05) is 62.1 Å². The Morgan fingerprint density at radius 1 is 1.07 bits per heavy atom. The molecule has 0 saturated carbocycles. The van der Waals surface area contributed by atoms with Crippen LogP contribution < -0.4 is 15.3 Å². The molecule has 4 aromatic rings. The van der Waals surface area contributed by atoms with Crippen molar-refractivity contribution in [1.82, 2.24) is 9.97 Å². The first-order chi connectivity index (χ1) is 20.4. The number of anilines is 1. The number of thiazole rings is 1. The number of morpholine rings is 1. The highest BCUT2D eigenvalue weighted by Crippen LogP contribution is 2.41. The Kier molecular flexibility index (Phi) is 9.42. The van der Waals surface area contributed by atoms with Crippen molar-refractivity contribution in [3.05, 3.63) is 99.0 Å². The van der Waals surface area contributed by atoms with E-state index in [-0.39, 0.29) is 34.6 Å². The number of hydrogen-bond donors (Lipinski definition) is 1. The summed E-state index contributed by atoms with van der Waals surface area (Å²) in [5, 5.41) is 13.9. The van der Waals surface area contributed by atoms with Gasteiger partial charge >= 0.3 is 0 Å². The van der Waals surface area contributed by atoms with Crippen LogP contribution in [0.25, 0.3) is 0 Å². The summed E-state index contributed by atoms with van der Waals surface area (Å²) in [6.07, 6.45) is 0.0710. The SMILES string of the molecule is Cc1ncc(C(O)c2nc(CO[Si](c3ccccc3)(c3ccccc3)C(C)(C)C)c(N3CC(C)OC(C)C3)c(Cl)c2F)s1. The second kappa shape index (κ2) is 12.8. The van der Waals surface area contributed by atoms with Crippen molar-refractivity contribution in [2.24, 2.45) is 0 Å². The van der Waals surface area contributed by atoms with Crippen LogP contribution in [0.1, 0.15) is 62.0 Å². The van der Waals surface area contributed by atoms with Gasteiger partial charge in [0.2, 0.25) is 0 Å². The van der Waals surface area contributed by atoms with Gasteiger partial charge in [0.05, 0.1) is 40.1 Å². The maximum absolute atomic E-state index is 16.1. The first-order valence-corrected chi connectivity index (χ1v) is 17.7. The monoisotopic (exact) mass is 639 g/mol. The lowest BCUT2D eigenvalue weighted by Crippen LogP contribution is -2.66. The molecular formula is C33H39ClFN3O3SSi. The number of benzene rings is 2. The maximum Gasteiger partial charge on any atom is 0.261 e. The fourth-order valence-corrected chi connectivity index (χ4v) is 11.7. The minimum atomic E-state index is -2.96. The van der Waals surface area contributed by atoms with E-state index < -0.39 is 20.2 Å². The third kappa shape index (κ3) is 6.29. The molecule has 1 saturated heterocycles. The lowest BCUT2D eigenvalue weighted by molar-refractivity contribution is -0.00536. The molecule has 3 heterocycles. The van der Waals surface area contributed by atoms with Crippen LogP contribution in [-0.4, -0.2) is 48.7 Å². The average Bonchev–Trinajstić information content (AvgIpc) is 3.41. The van der Waals surface area contributed by atoms with Gasteiger partial charge in [0.25, 0.3) is 8.32 Å². The molecule has 5 rings (SSSR count). The van der Waals surface area contributed by atoms with Crippen molar-refractivity contribution in [3.63, 3.8) is 0 Å².